The molecular formula is C20H32. The SMILES string of the molecule is CCCCCC1CCC(c2ccc(CCC)cc2)CC1. The summed E-state index contributed by atoms with van der Waals surface area (Å²) in [6, 6.07) is 9.50. The average Bonchev–Trinajstić information content (AvgIpc) is 2.49. The van der Waals surface area contributed by atoms with Crippen LogP contribution in [0.3, 0.4) is 0 Å². The van der Waals surface area contributed by atoms with Crippen molar-refractivity contribution in [3.8, 4) is 0 Å². The third-order valence-corrected chi connectivity index (χ3v) is 5.05. The summed E-state index contributed by atoms with van der Waals surface area (Å²) in [5.41, 5.74) is 3.10. The van der Waals surface area contributed by atoms with Crippen LogP contribution in [0.4, 0.5) is 0 Å². The van der Waals surface area contributed by atoms with E-state index < -0.39 is 0 Å². The third-order valence-electron chi connectivity index (χ3n) is 5.05. The molecule has 0 aromatic heterocycles. The third kappa shape index (κ3) is 4.65. The van der Waals surface area contributed by atoms with Crippen LogP contribution < -0.4 is 0 Å². The fourth-order valence-electron chi connectivity index (χ4n) is 3.71. The average molecular weight is 272 g/mol. The lowest BCUT2D eigenvalue weighted by Crippen LogP contribution is -2.13. The lowest BCUT2D eigenvalue weighted by Gasteiger charge is -2.29. The minimum Gasteiger partial charge on any atom is -0.0654 e. The summed E-state index contributed by atoms with van der Waals surface area (Å²) in [6.45, 7) is 4.56. The molecule has 1 fully saturated rings. The van der Waals surface area contributed by atoms with Gasteiger partial charge in [-0.05, 0) is 55.1 Å². The number of benzene rings is 1. The number of aryl methyl sites for hydroxylation is 1. The van der Waals surface area contributed by atoms with E-state index in [1.54, 1.807) is 5.56 Å². The standard InChI is InChI=1S/C20H32/c1-3-5-6-8-18-11-15-20(16-12-18)19-13-9-17(7-4-2)10-14-19/h9-10,13-14,18,20H,3-8,11-12,15-16H2,1-2H3. The van der Waals surface area contributed by atoms with E-state index in [4.69, 9.17) is 0 Å². The highest BCUT2D eigenvalue weighted by Crippen LogP contribution is 2.37. The summed E-state index contributed by atoms with van der Waals surface area (Å²) in [4.78, 5) is 0. The predicted molar refractivity (Wildman–Crippen MR) is 89.3 cm³/mol. The Morgan fingerprint density at radius 1 is 0.850 bits per heavy atom. The summed E-state index contributed by atoms with van der Waals surface area (Å²) in [5, 5.41) is 0. The first-order chi connectivity index (χ1) is 9.83. The first-order valence-corrected chi connectivity index (χ1v) is 8.92. The van der Waals surface area contributed by atoms with Crippen LogP contribution in [0.1, 0.15) is 88.7 Å². The molecule has 0 spiro atoms. The zero-order chi connectivity index (χ0) is 14.2. The Bertz CT molecular complexity index is 354. The van der Waals surface area contributed by atoms with Crippen LogP contribution >= 0.6 is 0 Å². The first kappa shape index (κ1) is 15.6. The van der Waals surface area contributed by atoms with E-state index in [9.17, 15) is 0 Å². The van der Waals surface area contributed by atoms with Crippen molar-refractivity contribution in [3.63, 3.8) is 0 Å². The monoisotopic (exact) mass is 272 g/mol. The van der Waals surface area contributed by atoms with Crippen molar-refractivity contribution in [2.24, 2.45) is 5.92 Å². The van der Waals surface area contributed by atoms with Gasteiger partial charge in [0.25, 0.3) is 0 Å². The van der Waals surface area contributed by atoms with Crippen LogP contribution in [-0.4, -0.2) is 0 Å². The molecule has 20 heavy (non-hydrogen) atoms. The van der Waals surface area contributed by atoms with Gasteiger partial charge in [0.2, 0.25) is 0 Å². The number of rotatable bonds is 7. The maximum atomic E-state index is 2.40. The van der Waals surface area contributed by atoms with Gasteiger partial charge in [0.05, 0.1) is 0 Å². The Morgan fingerprint density at radius 3 is 2.15 bits per heavy atom. The number of hydrogen-bond donors (Lipinski definition) is 0. The molecule has 1 saturated carbocycles. The molecule has 0 saturated heterocycles. The van der Waals surface area contributed by atoms with Gasteiger partial charge in [-0.25, -0.2) is 0 Å². The molecule has 0 radical (unpaired) electrons. The highest BCUT2D eigenvalue weighted by atomic mass is 14.3. The molecule has 0 nitrogen and oxygen atoms in total. The van der Waals surface area contributed by atoms with Gasteiger partial charge in [-0.3, -0.25) is 0 Å². The minimum atomic E-state index is 0.841. The molecule has 0 N–H and O–H groups in total. The summed E-state index contributed by atoms with van der Waals surface area (Å²) in [6.07, 6.45) is 14.0. The Hall–Kier alpha value is -0.780. The molecule has 0 unspecified atom stereocenters. The summed E-state index contributed by atoms with van der Waals surface area (Å²) in [7, 11) is 0. The van der Waals surface area contributed by atoms with Gasteiger partial charge in [0.1, 0.15) is 0 Å². The molecule has 0 heteroatoms. The van der Waals surface area contributed by atoms with Crippen molar-refractivity contribution in [3.05, 3.63) is 35.4 Å². The summed E-state index contributed by atoms with van der Waals surface area (Å²) < 4.78 is 0. The lowest BCUT2D eigenvalue weighted by molar-refractivity contribution is 0.303. The lowest BCUT2D eigenvalue weighted by atomic mass is 9.77. The van der Waals surface area contributed by atoms with Gasteiger partial charge in [0.15, 0.2) is 0 Å². The molecule has 1 aromatic rings. The van der Waals surface area contributed by atoms with Gasteiger partial charge in [-0.1, -0.05) is 70.2 Å². The van der Waals surface area contributed by atoms with Crippen LogP contribution in [0.5, 0.6) is 0 Å². The molecule has 0 bridgehead atoms. The second-order valence-electron chi connectivity index (χ2n) is 6.71. The van der Waals surface area contributed by atoms with Gasteiger partial charge in [-0.2, -0.15) is 0 Å². The Balaban J connectivity index is 1.78. The largest absolute Gasteiger partial charge is 0.0654 e. The number of unbranched alkanes of at least 4 members (excludes halogenated alkanes) is 2. The summed E-state index contributed by atoms with van der Waals surface area (Å²) in [5.74, 6) is 1.87. The fourth-order valence-corrected chi connectivity index (χ4v) is 3.71. The molecule has 112 valence electrons. The quantitative estimate of drug-likeness (QED) is 0.497. The highest BCUT2D eigenvalue weighted by molar-refractivity contribution is 5.25. The van der Waals surface area contributed by atoms with E-state index in [1.807, 2.05) is 0 Å². The topological polar surface area (TPSA) is 0 Å². The maximum Gasteiger partial charge on any atom is -0.0162 e. The first-order valence-electron chi connectivity index (χ1n) is 8.92. The molecule has 1 aliphatic rings. The molecule has 1 aromatic carbocycles. The second-order valence-corrected chi connectivity index (χ2v) is 6.71. The summed E-state index contributed by atoms with van der Waals surface area (Å²) >= 11 is 0. The minimum absolute atomic E-state index is 0.841. The normalized spacial score (nSPS) is 22.9. The van der Waals surface area contributed by atoms with Crippen LogP contribution in [0.25, 0.3) is 0 Å². The van der Waals surface area contributed by atoms with Gasteiger partial charge >= 0.3 is 0 Å². The van der Waals surface area contributed by atoms with Crippen LogP contribution in [0, 0.1) is 5.92 Å². The van der Waals surface area contributed by atoms with E-state index in [2.05, 4.69) is 38.1 Å². The zero-order valence-corrected chi connectivity index (χ0v) is 13.5. The predicted octanol–water partition coefficient (Wildman–Crippen LogP) is 6.49. The Kier molecular flexibility index (Phi) is 6.63. The zero-order valence-electron chi connectivity index (χ0n) is 13.5. The van der Waals surface area contributed by atoms with E-state index in [0.717, 1.165) is 11.8 Å². The van der Waals surface area contributed by atoms with Gasteiger partial charge < -0.3 is 0 Å². The van der Waals surface area contributed by atoms with Crippen LogP contribution in [0.2, 0.25) is 0 Å². The van der Waals surface area contributed by atoms with Crippen LogP contribution in [-0.2, 0) is 6.42 Å². The van der Waals surface area contributed by atoms with Gasteiger partial charge in [0, 0.05) is 0 Å². The van der Waals surface area contributed by atoms with E-state index in [0.29, 0.717) is 0 Å². The molecule has 2 rings (SSSR count). The van der Waals surface area contributed by atoms with Crippen molar-refractivity contribution in [2.45, 2.75) is 84.0 Å². The van der Waals surface area contributed by atoms with Crippen molar-refractivity contribution in [2.75, 3.05) is 0 Å². The molecular weight excluding hydrogens is 240 g/mol. The maximum absolute atomic E-state index is 2.40. The van der Waals surface area contributed by atoms with Crippen molar-refractivity contribution in [1.82, 2.24) is 0 Å². The number of hydrogen-bond acceptors (Lipinski definition) is 0. The van der Waals surface area contributed by atoms with E-state index in [-0.39, 0.29) is 0 Å². The van der Waals surface area contributed by atoms with Crippen molar-refractivity contribution in [1.29, 1.82) is 0 Å². The molecule has 0 aliphatic heterocycles. The van der Waals surface area contributed by atoms with E-state index >= 15 is 0 Å². The van der Waals surface area contributed by atoms with E-state index in [1.165, 1.54) is 69.8 Å². The van der Waals surface area contributed by atoms with Crippen molar-refractivity contribution < 1.29 is 0 Å². The smallest absolute Gasteiger partial charge is 0.0162 e. The second kappa shape index (κ2) is 8.49. The molecule has 1 aliphatic carbocycles. The Morgan fingerprint density at radius 2 is 1.55 bits per heavy atom. The van der Waals surface area contributed by atoms with Gasteiger partial charge in [-0.15, -0.1) is 0 Å². The van der Waals surface area contributed by atoms with Crippen molar-refractivity contribution >= 4 is 0 Å². The molecule has 0 atom stereocenters. The van der Waals surface area contributed by atoms with Crippen LogP contribution in [0.15, 0.2) is 24.3 Å². The molecule has 0 heterocycles. The molecule has 0 amide bonds. The Labute approximate surface area is 126 Å². The fraction of sp³-hybridized carbons (Fsp3) is 0.700. The highest BCUT2D eigenvalue weighted by Gasteiger charge is 2.21.